The van der Waals surface area contributed by atoms with Gasteiger partial charge in [-0.1, -0.05) is 17.3 Å². The maximum Gasteiger partial charge on any atom is 0.337 e. The van der Waals surface area contributed by atoms with Crippen molar-refractivity contribution in [3.05, 3.63) is 47.3 Å². The SMILES string of the molecule is COC(=O)c1cccc(CNCCCn2cc(CN)nn2)c1. The van der Waals surface area contributed by atoms with Crippen molar-refractivity contribution in [2.75, 3.05) is 13.7 Å². The molecule has 0 aliphatic carbocycles. The first-order valence-electron chi connectivity index (χ1n) is 7.20. The van der Waals surface area contributed by atoms with E-state index in [1.807, 2.05) is 24.4 Å². The van der Waals surface area contributed by atoms with E-state index in [-0.39, 0.29) is 5.97 Å². The summed E-state index contributed by atoms with van der Waals surface area (Å²) in [4.78, 5) is 11.5. The molecule has 118 valence electrons. The van der Waals surface area contributed by atoms with Crippen molar-refractivity contribution in [3.8, 4) is 0 Å². The highest BCUT2D eigenvalue weighted by molar-refractivity contribution is 5.89. The van der Waals surface area contributed by atoms with Gasteiger partial charge < -0.3 is 15.8 Å². The minimum absolute atomic E-state index is 0.316. The third kappa shape index (κ3) is 4.64. The first-order valence-corrected chi connectivity index (χ1v) is 7.20. The summed E-state index contributed by atoms with van der Waals surface area (Å²) in [5, 5.41) is 11.3. The van der Waals surface area contributed by atoms with Crippen LogP contribution in [0.3, 0.4) is 0 Å². The fraction of sp³-hybridized carbons (Fsp3) is 0.400. The number of esters is 1. The molecule has 2 rings (SSSR count). The van der Waals surface area contributed by atoms with Gasteiger partial charge in [-0.3, -0.25) is 4.68 Å². The standard InChI is InChI=1S/C15H21N5O2/c1-22-15(21)13-5-2-4-12(8-13)10-17-6-3-7-20-11-14(9-16)18-19-20/h2,4-5,8,11,17H,3,6-7,9-10,16H2,1H3. The van der Waals surface area contributed by atoms with Crippen molar-refractivity contribution >= 4 is 5.97 Å². The Hall–Kier alpha value is -2.25. The summed E-state index contributed by atoms with van der Waals surface area (Å²) in [6.45, 7) is 2.76. The Labute approximate surface area is 129 Å². The fourth-order valence-electron chi connectivity index (χ4n) is 2.07. The third-order valence-corrected chi connectivity index (χ3v) is 3.21. The van der Waals surface area contributed by atoms with E-state index in [2.05, 4.69) is 15.6 Å². The number of carbonyl (C=O) groups excluding carboxylic acids is 1. The second-order valence-electron chi connectivity index (χ2n) is 4.90. The molecule has 0 bridgehead atoms. The smallest absolute Gasteiger partial charge is 0.337 e. The van der Waals surface area contributed by atoms with Gasteiger partial charge in [-0.2, -0.15) is 0 Å². The molecule has 0 unspecified atom stereocenters. The molecule has 0 spiro atoms. The number of ether oxygens (including phenoxy) is 1. The molecule has 1 heterocycles. The summed E-state index contributed by atoms with van der Waals surface area (Å²) in [6, 6.07) is 7.41. The maximum absolute atomic E-state index is 11.5. The lowest BCUT2D eigenvalue weighted by atomic mass is 10.1. The fourth-order valence-corrected chi connectivity index (χ4v) is 2.07. The predicted octanol–water partition coefficient (Wildman–Crippen LogP) is 0.703. The first-order chi connectivity index (χ1) is 10.7. The van der Waals surface area contributed by atoms with Crippen molar-refractivity contribution in [2.45, 2.75) is 26.1 Å². The Morgan fingerprint density at radius 3 is 3.05 bits per heavy atom. The van der Waals surface area contributed by atoms with Crippen molar-refractivity contribution in [3.63, 3.8) is 0 Å². The minimum atomic E-state index is -0.316. The number of nitrogens with one attached hydrogen (secondary N) is 1. The zero-order chi connectivity index (χ0) is 15.8. The molecule has 3 N–H and O–H groups in total. The summed E-state index contributed by atoms with van der Waals surface area (Å²) in [6.07, 6.45) is 2.80. The zero-order valence-electron chi connectivity index (χ0n) is 12.7. The van der Waals surface area contributed by atoms with Gasteiger partial charge in [0.05, 0.1) is 18.4 Å². The molecule has 22 heavy (non-hydrogen) atoms. The molecule has 0 aliphatic rings. The van der Waals surface area contributed by atoms with E-state index in [1.165, 1.54) is 7.11 Å². The molecule has 2 aromatic rings. The van der Waals surface area contributed by atoms with Crippen molar-refractivity contribution < 1.29 is 9.53 Å². The van der Waals surface area contributed by atoms with Crippen molar-refractivity contribution in [1.82, 2.24) is 20.3 Å². The van der Waals surface area contributed by atoms with Crippen LogP contribution in [0.25, 0.3) is 0 Å². The van der Waals surface area contributed by atoms with E-state index >= 15 is 0 Å². The normalized spacial score (nSPS) is 10.6. The van der Waals surface area contributed by atoms with Crippen molar-refractivity contribution in [1.29, 1.82) is 0 Å². The van der Waals surface area contributed by atoms with Crippen LogP contribution in [0, 0.1) is 0 Å². The molecule has 0 saturated carbocycles. The van der Waals surface area contributed by atoms with E-state index in [0.29, 0.717) is 18.7 Å². The largest absolute Gasteiger partial charge is 0.465 e. The number of rotatable bonds is 8. The Morgan fingerprint density at radius 1 is 1.45 bits per heavy atom. The van der Waals surface area contributed by atoms with Gasteiger partial charge in [-0.25, -0.2) is 4.79 Å². The lowest BCUT2D eigenvalue weighted by Crippen LogP contribution is -2.17. The number of hydrogen-bond donors (Lipinski definition) is 2. The maximum atomic E-state index is 11.5. The van der Waals surface area contributed by atoms with E-state index in [1.54, 1.807) is 10.7 Å². The van der Waals surface area contributed by atoms with E-state index in [0.717, 1.165) is 30.8 Å². The van der Waals surface area contributed by atoms with Gasteiger partial charge in [0.25, 0.3) is 0 Å². The lowest BCUT2D eigenvalue weighted by Gasteiger charge is -2.06. The van der Waals surface area contributed by atoms with Gasteiger partial charge in [0.2, 0.25) is 0 Å². The number of carbonyl (C=O) groups is 1. The average molecular weight is 303 g/mol. The number of nitrogens with two attached hydrogens (primary N) is 1. The van der Waals surface area contributed by atoms with Gasteiger partial charge in [-0.05, 0) is 30.7 Å². The Morgan fingerprint density at radius 2 is 2.32 bits per heavy atom. The molecule has 0 saturated heterocycles. The van der Waals surface area contributed by atoms with Gasteiger partial charge in [0.15, 0.2) is 0 Å². The number of aryl methyl sites for hydroxylation is 1. The summed E-state index contributed by atoms with van der Waals surface area (Å²) >= 11 is 0. The van der Waals surface area contributed by atoms with Crippen LogP contribution in [0.4, 0.5) is 0 Å². The first kappa shape index (κ1) is 16.1. The van der Waals surface area contributed by atoms with Crippen LogP contribution < -0.4 is 11.1 Å². The van der Waals surface area contributed by atoms with Crippen LogP contribution in [-0.4, -0.2) is 34.6 Å². The summed E-state index contributed by atoms with van der Waals surface area (Å²) < 4.78 is 6.50. The van der Waals surface area contributed by atoms with E-state index < -0.39 is 0 Å². The molecule has 7 nitrogen and oxygen atoms in total. The average Bonchev–Trinajstić information content (AvgIpc) is 3.02. The quantitative estimate of drug-likeness (QED) is 0.551. The molecular weight excluding hydrogens is 282 g/mol. The highest BCUT2D eigenvalue weighted by atomic mass is 16.5. The molecular formula is C15H21N5O2. The Bertz CT molecular complexity index is 611. The number of hydrogen-bond acceptors (Lipinski definition) is 6. The van der Waals surface area contributed by atoms with Crippen LogP contribution in [0.15, 0.2) is 30.5 Å². The Kier molecular flexibility index (Phi) is 6.05. The molecule has 1 aromatic heterocycles. The molecule has 7 heteroatoms. The molecule has 0 fully saturated rings. The van der Waals surface area contributed by atoms with Gasteiger partial charge in [-0.15, -0.1) is 5.10 Å². The van der Waals surface area contributed by atoms with Gasteiger partial charge in [0.1, 0.15) is 0 Å². The van der Waals surface area contributed by atoms with Crippen LogP contribution in [0.5, 0.6) is 0 Å². The van der Waals surface area contributed by atoms with Crippen LogP contribution in [-0.2, 0) is 24.4 Å². The molecule has 0 radical (unpaired) electrons. The van der Waals surface area contributed by atoms with E-state index in [4.69, 9.17) is 10.5 Å². The van der Waals surface area contributed by atoms with Crippen LogP contribution in [0.2, 0.25) is 0 Å². The lowest BCUT2D eigenvalue weighted by molar-refractivity contribution is 0.0600. The second-order valence-corrected chi connectivity index (χ2v) is 4.90. The van der Waals surface area contributed by atoms with Crippen molar-refractivity contribution in [2.24, 2.45) is 5.73 Å². The zero-order valence-corrected chi connectivity index (χ0v) is 12.7. The summed E-state index contributed by atoms with van der Waals surface area (Å²) in [5.74, 6) is -0.316. The Balaban J connectivity index is 1.71. The molecule has 1 aromatic carbocycles. The second kappa shape index (κ2) is 8.26. The molecule has 0 atom stereocenters. The number of nitrogens with zero attached hydrogens (tertiary/aromatic N) is 3. The van der Waals surface area contributed by atoms with Gasteiger partial charge >= 0.3 is 5.97 Å². The van der Waals surface area contributed by atoms with Crippen LogP contribution in [0.1, 0.15) is 28.0 Å². The summed E-state index contributed by atoms with van der Waals surface area (Å²) in [5.41, 5.74) is 7.90. The van der Waals surface area contributed by atoms with E-state index in [9.17, 15) is 4.79 Å². The highest BCUT2D eigenvalue weighted by Crippen LogP contribution is 2.06. The number of aromatic nitrogens is 3. The third-order valence-electron chi connectivity index (χ3n) is 3.21. The number of methoxy groups -OCH3 is 1. The predicted molar refractivity (Wildman–Crippen MR) is 82.0 cm³/mol. The topological polar surface area (TPSA) is 95.1 Å². The minimum Gasteiger partial charge on any atom is -0.465 e. The number of benzene rings is 1. The monoisotopic (exact) mass is 303 g/mol. The summed E-state index contributed by atoms with van der Waals surface area (Å²) in [7, 11) is 1.38. The molecule has 0 aliphatic heterocycles. The molecule has 0 amide bonds. The van der Waals surface area contributed by atoms with Crippen LogP contribution >= 0.6 is 0 Å². The highest BCUT2D eigenvalue weighted by Gasteiger charge is 2.05. The van der Waals surface area contributed by atoms with Gasteiger partial charge in [0, 0.05) is 25.8 Å².